The second kappa shape index (κ2) is 6.93. The number of hydrogen-bond donors (Lipinski definition) is 3. The third kappa shape index (κ3) is 4.46. The molecule has 0 aliphatic heterocycles. The Morgan fingerprint density at radius 1 is 1.19 bits per heavy atom. The summed E-state index contributed by atoms with van der Waals surface area (Å²) >= 11 is 9.23. The molecule has 0 aromatic heterocycles. The molecule has 3 N–H and O–H groups in total. The number of benzene rings is 2. The van der Waals surface area contributed by atoms with Crippen LogP contribution in [0.2, 0.25) is 5.02 Å². The zero-order valence-electron chi connectivity index (χ0n) is 11.2. The first-order valence-corrected chi connectivity index (χ1v) is 7.44. The van der Waals surface area contributed by atoms with Crippen LogP contribution in [0.25, 0.3) is 0 Å². The minimum atomic E-state index is -0.532. The van der Waals surface area contributed by atoms with Gasteiger partial charge in [-0.15, -0.1) is 0 Å². The number of rotatable bonds is 3. The molecule has 0 fully saturated rings. The molecule has 21 heavy (non-hydrogen) atoms. The summed E-state index contributed by atoms with van der Waals surface area (Å²) in [5.74, 6) is 0. The fraction of sp³-hybridized carbons (Fsp3) is 0.133. The van der Waals surface area contributed by atoms with Gasteiger partial charge < -0.3 is 15.7 Å². The van der Waals surface area contributed by atoms with Crippen LogP contribution < -0.4 is 10.6 Å². The standard InChI is InChI=1S/C15H14BrClN2O2/c1-9(20)10-2-5-12(6-3-10)18-15(21)19-14-8-11(17)4-7-13(14)16/h2-9,20H,1H3,(H2,18,19,21). The van der Waals surface area contributed by atoms with Gasteiger partial charge in [0.05, 0.1) is 11.8 Å². The minimum absolute atomic E-state index is 0.372. The predicted octanol–water partition coefficient (Wildman–Crippen LogP) is 4.80. The Morgan fingerprint density at radius 2 is 1.86 bits per heavy atom. The average molecular weight is 370 g/mol. The van der Waals surface area contributed by atoms with Crippen LogP contribution in [0.15, 0.2) is 46.9 Å². The van der Waals surface area contributed by atoms with E-state index in [1.807, 2.05) is 0 Å². The third-order valence-corrected chi connectivity index (χ3v) is 3.75. The lowest BCUT2D eigenvalue weighted by atomic mass is 10.1. The molecule has 0 saturated carbocycles. The van der Waals surface area contributed by atoms with Gasteiger partial charge in [0.25, 0.3) is 0 Å². The maximum atomic E-state index is 11.9. The highest BCUT2D eigenvalue weighted by atomic mass is 79.9. The molecule has 0 aliphatic rings. The molecule has 110 valence electrons. The fourth-order valence-electron chi connectivity index (χ4n) is 1.72. The van der Waals surface area contributed by atoms with Crippen LogP contribution in [-0.4, -0.2) is 11.1 Å². The van der Waals surface area contributed by atoms with Gasteiger partial charge in [-0.05, 0) is 58.7 Å². The van der Waals surface area contributed by atoms with E-state index >= 15 is 0 Å². The second-order valence-electron chi connectivity index (χ2n) is 4.50. The number of hydrogen-bond acceptors (Lipinski definition) is 2. The SMILES string of the molecule is CC(O)c1ccc(NC(=O)Nc2cc(Cl)ccc2Br)cc1. The maximum absolute atomic E-state index is 11.9. The summed E-state index contributed by atoms with van der Waals surface area (Å²) in [6.45, 7) is 1.69. The Hall–Kier alpha value is -1.56. The highest BCUT2D eigenvalue weighted by Crippen LogP contribution is 2.26. The average Bonchev–Trinajstić information content (AvgIpc) is 2.43. The number of anilines is 2. The van der Waals surface area contributed by atoms with E-state index in [0.29, 0.717) is 16.4 Å². The molecule has 6 heteroatoms. The number of carbonyl (C=O) groups is 1. The Morgan fingerprint density at radius 3 is 2.48 bits per heavy atom. The number of halogens is 2. The molecule has 2 rings (SSSR count). The number of aliphatic hydroxyl groups excluding tert-OH is 1. The van der Waals surface area contributed by atoms with Crippen molar-refractivity contribution in [2.24, 2.45) is 0 Å². The lowest BCUT2D eigenvalue weighted by molar-refractivity contribution is 0.199. The zero-order chi connectivity index (χ0) is 15.4. The first-order valence-electron chi connectivity index (χ1n) is 6.27. The molecule has 0 spiro atoms. The van der Waals surface area contributed by atoms with Crippen molar-refractivity contribution in [1.82, 2.24) is 0 Å². The van der Waals surface area contributed by atoms with Crippen molar-refractivity contribution < 1.29 is 9.90 Å². The molecule has 2 amide bonds. The third-order valence-electron chi connectivity index (χ3n) is 2.83. The molecule has 0 aliphatic carbocycles. The quantitative estimate of drug-likeness (QED) is 0.728. The Balaban J connectivity index is 2.03. The number of nitrogens with one attached hydrogen (secondary N) is 2. The predicted molar refractivity (Wildman–Crippen MR) is 88.9 cm³/mol. The number of urea groups is 1. The van der Waals surface area contributed by atoms with E-state index in [1.54, 1.807) is 49.4 Å². The first kappa shape index (κ1) is 15.8. The number of amides is 2. The minimum Gasteiger partial charge on any atom is -0.389 e. The summed E-state index contributed by atoms with van der Waals surface area (Å²) in [4.78, 5) is 11.9. The van der Waals surface area contributed by atoms with Gasteiger partial charge in [0.15, 0.2) is 0 Å². The van der Waals surface area contributed by atoms with Crippen LogP contribution >= 0.6 is 27.5 Å². The summed E-state index contributed by atoms with van der Waals surface area (Å²) < 4.78 is 0.742. The highest BCUT2D eigenvalue weighted by Gasteiger charge is 2.07. The summed E-state index contributed by atoms with van der Waals surface area (Å²) in [5, 5.41) is 15.4. The fourth-order valence-corrected chi connectivity index (χ4v) is 2.24. The summed E-state index contributed by atoms with van der Waals surface area (Å²) in [5.41, 5.74) is 2.01. The molecule has 0 saturated heterocycles. The van der Waals surface area contributed by atoms with Crippen molar-refractivity contribution >= 4 is 44.9 Å². The van der Waals surface area contributed by atoms with Crippen LogP contribution in [0.1, 0.15) is 18.6 Å². The van der Waals surface area contributed by atoms with Crippen LogP contribution in [0.4, 0.5) is 16.2 Å². The smallest absolute Gasteiger partial charge is 0.323 e. The van der Waals surface area contributed by atoms with Crippen LogP contribution in [0.5, 0.6) is 0 Å². The normalized spacial score (nSPS) is 11.8. The van der Waals surface area contributed by atoms with Crippen molar-refractivity contribution in [1.29, 1.82) is 0 Å². The van der Waals surface area contributed by atoms with Gasteiger partial charge in [0.1, 0.15) is 0 Å². The van der Waals surface area contributed by atoms with E-state index in [0.717, 1.165) is 10.0 Å². The van der Waals surface area contributed by atoms with Gasteiger partial charge in [-0.25, -0.2) is 4.79 Å². The maximum Gasteiger partial charge on any atom is 0.323 e. The van der Waals surface area contributed by atoms with Crippen molar-refractivity contribution in [3.8, 4) is 0 Å². The van der Waals surface area contributed by atoms with Gasteiger partial charge in [-0.2, -0.15) is 0 Å². The van der Waals surface area contributed by atoms with Gasteiger partial charge >= 0.3 is 6.03 Å². The highest BCUT2D eigenvalue weighted by molar-refractivity contribution is 9.10. The molecule has 2 aromatic rings. The molecule has 0 radical (unpaired) electrons. The van der Waals surface area contributed by atoms with Gasteiger partial charge in [0, 0.05) is 15.2 Å². The van der Waals surface area contributed by atoms with Crippen molar-refractivity contribution in [3.05, 3.63) is 57.5 Å². The van der Waals surface area contributed by atoms with Crippen LogP contribution in [0.3, 0.4) is 0 Å². The first-order chi connectivity index (χ1) is 9.95. The van der Waals surface area contributed by atoms with E-state index in [-0.39, 0.29) is 6.03 Å². The van der Waals surface area contributed by atoms with Crippen LogP contribution in [-0.2, 0) is 0 Å². The van der Waals surface area contributed by atoms with Gasteiger partial charge in [-0.1, -0.05) is 23.7 Å². The molecule has 4 nitrogen and oxygen atoms in total. The lowest BCUT2D eigenvalue weighted by Crippen LogP contribution is -2.19. The zero-order valence-corrected chi connectivity index (χ0v) is 13.6. The van der Waals surface area contributed by atoms with E-state index in [9.17, 15) is 9.90 Å². The van der Waals surface area contributed by atoms with Crippen molar-refractivity contribution in [3.63, 3.8) is 0 Å². The summed E-state index contributed by atoms with van der Waals surface area (Å²) in [6.07, 6.45) is -0.532. The van der Waals surface area contributed by atoms with E-state index in [2.05, 4.69) is 26.6 Å². The Labute approximate surface area is 136 Å². The topological polar surface area (TPSA) is 61.4 Å². The number of carbonyl (C=O) groups excluding carboxylic acids is 1. The second-order valence-corrected chi connectivity index (χ2v) is 5.79. The summed E-state index contributed by atoms with van der Waals surface area (Å²) in [6, 6.07) is 11.7. The lowest BCUT2D eigenvalue weighted by Gasteiger charge is -2.10. The molecule has 1 atom stereocenters. The molecule has 2 aromatic carbocycles. The number of aliphatic hydroxyl groups is 1. The monoisotopic (exact) mass is 368 g/mol. The van der Waals surface area contributed by atoms with Crippen LogP contribution in [0, 0.1) is 0 Å². The van der Waals surface area contributed by atoms with E-state index in [1.165, 1.54) is 0 Å². The molecule has 0 heterocycles. The van der Waals surface area contributed by atoms with Crippen molar-refractivity contribution in [2.45, 2.75) is 13.0 Å². The van der Waals surface area contributed by atoms with Gasteiger partial charge in [0.2, 0.25) is 0 Å². The molecule has 1 unspecified atom stereocenters. The van der Waals surface area contributed by atoms with E-state index in [4.69, 9.17) is 11.6 Å². The largest absolute Gasteiger partial charge is 0.389 e. The van der Waals surface area contributed by atoms with Gasteiger partial charge in [-0.3, -0.25) is 0 Å². The molecule has 0 bridgehead atoms. The summed E-state index contributed by atoms with van der Waals surface area (Å²) in [7, 11) is 0. The molecular formula is C15H14BrClN2O2. The molecular weight excluding hydrogens is 356 g/mol. The Bertz CT molecular complexity index is 645. The van der Waals surface area contributed by atoms with Crippen molar-refractivity contribution in [2.75, 3.05) is 10.6 Å². The van der Waals surface area contributed by atoms with E-state index < -0.39 is 6.10 Å². The Kier molecular flexibility index (Phi) is 5.22.